The van der Waals surface area contributed by atoms with Crippen molar-refractivity contribution in [3.8, 4) is 11.8 Å². The molecule has 0 aromatic rings. The number of hydrogen-bond donors (Lipinski definition) is 0. The Bertz CT molecular complexity index is 301. The number of unbranched alkanes of at least 4 members (excludes halogenated alkanes) is 5. The highest BCUT2D eigenvalue weighted by molar-refractivity contribution is 5.60. The summed E-state index contributed by atoms with van der Waals surface area (Å²) in [4.78, 5) is 11.3. The molecule has 0 aromatic heterocycles. The van der Waals surface area contributed by atoms with Gasteiger partial charge in [-0.2, -0.15) is 0 Å². The van der Waals surface area contributed by atoms with Crippen molar-refractivity contribution in [2.45, 2.75) is 77.7 Å². The van der Waals surface area contributed by atoms with E-state index in [-0.39, 0.29) is 0 Å². The van der Waals surface area contributed by atoms with Gasteiger partial charge in [-0.3, -0.25) is 0 Å². The van der Waals surface area contributed by atoms with E-state index in [1.165, 1.54) is 20.0 Å². The summed E-state index contributed by atoms with van der Waals surface area (Å²) in [7, 11) is 1.32. The lowest BCUT2D eigenvalue weighted by Crippen LogP contribution is -2.30. The van der Waals surface area contributed by atoms with Gasteiger partial charge in [-0.25, -0.2) is 4.79 Å². The summed E-state index contributed by atoms with van der Waals surface area (Å²) in [5.74, 6) is 6.21. The SMILES string of the molecule is CCCCC#CC(C)(CCCCCC)OC(=O)OC. The van der Waals surface area contributed by atoms with Gasteiger partial charge in [0.1, 0.15) is 0 Å². The van der Waals surface area contributed by atoms with E-state index in [9.17, 15) is 4.79 Å². The first kappa shape index (κ1) is 17.8. The minimum atomic E-state index is -0.714. The Morgan fingerprint density at radius 3 is 2.37 bits per heavy atom. The van der Waals surface area contributed by atoms with Crippen LogP contribution in [-0.2, 0) is 9.47 Å². The zero-order valence-corrected chi connectivity index (χ0v) is 12.9. The summed E-state index contributed by atoms with van der Waals surface area (Å²) >= 11 is 0. The van der Waals surface area contributed by atoms with E-state index >= 15 is 0 Å². The Balaban J connectivity index is 4.41. The van der Waals surface area contributed by atoms with Crippen LogP contribution in [0.2, 0.25) is 0 Å². The van der Waals surface area contributed by atoms with Crippen molar-refractivity contribution in [1.82, 2.24) is 0 Å². The number of methoxy groups -OCH3 is 1. The van der Waals surface area contributed by atoms with E-state index in [1.54, 1.807) is 0 Å². The number of hydrogen-bond acceptors (Lipinski definition) is 3. The van der Waals surface area contributed by atoms with Gasteiger partial charge in [0.05, 0.1) is 7.11 Å². The van der Waals surface area contributed by atoms with Gasteiger partial charge >= 0.3 is 6.16 Å². The second-order valence-corrected chi connectivity index (χ2v) is 5.00. The second kappa shape index (κ2) is 10.7. The molecule has 0 aliphatic rings. The molecule has 0 spiro atoms. The molecule has 0 saturated carbocycles. The summed E-state index contributed by atoms with van der Waals surface area (Å²) in [6, 6.07) is 0. The molecule has 3 nitrogen and oxygen atoms in total. The van der Waals surface area contributed by atoms with Crippen molar-refractivity contribution in [1.29, 1.82) is 0 Å². The Hall–Kier alpha value is -1.17. The Labute approximate surface area is 118 Å². The van der Waals surface area contributed by atoms with E-state index in [0.29, 0.717) is 0 Å². The van der Waals surface area contributed by atoms with Crippen LogP contribution in [0.15, 0.2) is 0 Å². The monoisotopic (exact) mass is 268 g/mol. The zero-order valence-electron chi connectivity index (χ0n) is 12.9. The molecule has 0 heterocycles. The van der Waals surface area contributed by atoms with E-state index in [4.69, 9.17) is 4.74 Å². The maximum absolute atomic E-state index is 11.3. The fourth-order valence-electron chi connectivity index (χ4n) is 1.77. The first-order valence-corrected chi connectivity index (χ1v) is 7.35. The van der Waals surface area contributed by atoms with Gasteiger partial charge in [-0.05, 0) is 26.2 Å². The summed E-state index contributed by atoms with van der Waals surface area (Å²) in [5.41, 5.74) is -0.714. The minimum Gasteiger partial charge on any atom is -0.438 e. The molecule has 0 N–H and O–H groups in total. The van der Waals surface area contributed by atoms with Crippen molar-refractivity contribution in [2.75, 3.05) is 7.11 Å². The number of ether oxygens (including phenoxy) is 2. The highest BCUT2D eigenvalue weighted by atomic mass is 16.7. The van der Waals surface area contributed by atoms with E-state index in [2.05, 4.69) is 30.4 Å². The predicted molar refractivity (Wildman–Crippen MR) is 78.0 cm³/mol. The van der Waals surface area contributed by atoms with Crippen LogP contribution in [0, 0.1) is 11.8 Å². The standard InChI is InChI=1S/C16H28O3/c1-5-7-9-11-13-16(3,19-15(17)18-4)14-12-10-8-6-2/h5-11,13H2,1-4H3. The van der Waals surface area contributed by atoms with Gasteiger partial charge in [-0.15, -0.1) is 0 Å². The van der Waals surface area contributed by atoms with Crippen LogP contribution in [-0.4, -0.2) is 18.9 Å². The Kier molecular flexibility index (Phi) is 10.1. The van der Waals surface area contributed by atoms with Gasteiger partial charge in [0.15, 0.2) is 5.60 Å². The van der Waals surface area contributed by atoms with Crippen LogP contribution < -0.4 is 0 Å². The van der Waals surface area contributed by atoms with Gasteiger partial charge < -0.3 is 9.47 Å². The first-order chi connectivity index (χ1) is 9.08. The molecule has 3 heteroatoms. The summed E-state index contributed by atoms with van der Waals surface area (Å²) in [5, 5.41) is 0. The van der Waals surface area contributed by atoms with Crippen LogP contribution in [0.4, 0.5) is 4.79 Å². The molecule has 1 unspecified atom stereocenters. The third-order valence-corrected chi connectivity index (χ3v) is 2.99. The first-order valence-electron chi connectivity index (χ1n) is 7.35. The normalized spacial score (nSPS) is 13.1. The van der Waals surface area contributed by atoms with Gasteiger partial charge in [0, 0.05) is 6.42 Å². The molecule has 0 aromatic carbocycles. The third-order valence-electron chi connectivity index (χ3n) is 2.99. The lowest BCUT2D eigenvalue weighted by Gasteiger charge is -2.23. The Morgan fingerprint density at radius 1 is 1.11 bits per heavy atom. The van der Waals surface area contributed by atoms with Gasteiger partial charge in [-0.1, -0.05) is 51.4 Å². The number of carbonyl (C=O) groups is 1. The minimum absolute atomic E-state index is 0.650. The average molecular weight is 268 g/mol. The molecule has 1 atom stereocenters. The van der Waals surface area contributed by atoms with E-state index in [1.807, 2.05) is 6.92 Å². The third kappa shape index (κ3) is 9.41. The highest BCUT2D eigenvalue weighted by Crippen LogP contribution is 2.20. The molecule has 0 fully saturated rings. The van der Waals surface area contributed by atoms with Gasteiger partial charge in [0.25, 0.3) is 0 Å². The van der Waals surface area contributed by atoms with Crippen molar-refractivity contribution in [2.24, 2.45) is 0 Å². The molecule has 0 amide bonds. The maximum Gasteiger partial charge on any atom is 0.509 e. The quantitative estimate of drug-likeness (QED) is 0.364. The van der Waals surface area contributed by atoms with Gasteiger partial charge in [0.2, 0.25) is 0 Å². The topological polar surface area (TPSA) is 35.5 Å². The lowest BCUT2D eigenvalue weighted by atomic mass is 9.98. The average Bonchev–Trinajstić information content (AvgIpc) is 2.40. The second-order valence-electron chi connectivity index (χ2n) is 5.00. The zero-order chi connectivity index (χ0) is 14.6. The molecule has 19 heavy (non-hydrogen) atoms. The summed E-state index contributed by atoms with van der Waals surface area (Å²) in [6.07, 6.45) is 7.73. The fraction of sp³-hybridized carbons (Fsp3) is 0.812. The summed E-state index contributed by atoms with van der Waals surface area (Å²) in [6.45, 7) is 6.18. The van der Waals surface area contributed by atoms with Crippen LogP contribution in [0.1, 0.15) is 72.1 Å². The summed E-state index contributed by atoms with van der Waals surface area (Å²) < 4.78 is 9.88. The fourth-order valence-corrected chi connectivity index (χ4v) is 1.77. The molecule has 0 aliphatic heterocycles. The molecular weight excluding hydrogens is 240 g/mol. The smallest absolute Gasteiger partial charge is 0.438 e. The Morgan fingerprint density at radius 2 is 1.79 bits per heavy atom. The van der Waals surface area contributed by atoms with Crippen molar-refractivity contribution >= 4 is 6.16 Å². The van der Waals surface area contributed by atoms with Crippen LogP contribution in [0.25, 0.3) is 0 Å². The highest BCUT2D eigenvalue weighted by Gasteiger charge is 2.26. The predicted octanol–water partition coefficient (Wildman–Crippen LogP) is 4.69. The molecule has 0 saturated heterocycles. The van der Waals surface area contributed by atoms with Crippen LogP contribution >= 0.6 is 0 Å². The molecular formula is C16H28O3. The molecule has 0 aliphatic carbocycles. The van der Waals surface area contributed by atoms with Crippen molar-refractivity contribution in [3.05, 3.63) is 0 Å². The molecule has 0 rings (SSSR count). The molecule has 110 valence electrons. The number of rotatable bonds is 8. The number of carbonyl (C=O) groups excluding carboxylic acids is 1. The molecule has 0 radical (unpaired) electrons. The largest absolute Gasteiger partial charge is 0.509 e. The lowest BCUT2D eigenvalue weighted by molar-refractivity contribution is 0.00847. The molecule has 0 bridgehead atoms. The van der Waals surface area contributed by atoms with Crippen molar-refractivity contribution < 1.29 is 14.3 Å². The van der Waals surface area contributed by atoms with Crippen molar-refractivity contribution in [3.63, 3.8) is 0 Å². The maximum atomic E-state index is 11.3. The van der Waals surface area contributed by atoms with Crippen LogP contribution in [0.5, 0.6) is 0 Å². The van der Waals surface area contributed by atoms with E-state index in [0.717, 1.165) is 38.5 Å². The van der Waals surface area contributed by atoms with Crippen LogP contribution in [0.3, 0.4) is 0 Å². The van der Waals surface area contributed by atoms with E-state index < -0.39 is 11.8 Å².